The number of halogens is 1. The van der Waals surface area contributed by atoms with Crippen molar-refractivity contribution in [1.29, 1.82) is 0 Å². The topological polar surface area (TPSA) is 55.6 Å². The van der Waals surface area contributed by atoms with Crippen LogP contribution in [-0.4, -0.2) is 19.5 Å². The fraction of sp³-hybridized carbons (Fsp3) is 0.214. The smallest absolute Gasteiger partial charge is 0.225 e. The Balaban J connectivity index is 1.85. The molecular weight excluding hydrogens is 318 g/mol. The van der Waals surface area contributed by atoms with Crippen LogP contribution in [0.25, 0.3) is 11.2 Å². The molecule has 0 amide bonds. The Morgan fingerprint density at radius 3 is 2.75 bits per heavy atom. The predicted octanol–water partition coefficient (Wildman–Crippen LogP) is 3.22. The molecule has 2 aromatic heterocycles. The quantitative estimate of drug-likeness (QED) is 0.746. The first-order chi connectivity index (χ1) is 9.78. The van der Waals surface area contributed by atoms with E-state index in [9.17, 15) is 0 Å². The molecule has 0 saturated carbocycles. The van der Waals surface area contributed by atoms with Crippen molar-refractivity contribution in [3.05, 3.63) is 46.8 Å². The van der Waals surface area contributed by atoms with Gasteiger partial charge in [0.15, 0.2) is 10.4 Å². The van der Waals surface area contributed by atoms with Crippen LogP contribution in [-0.2, 0) is 13.1 Å². The minimum atomic E-state index is 0.614. The Bertz CT molecular complexity index is 723. The van der Waals surface area contributed by atoms with Crippen LogP contribution in [0, 0.1) is 0 Å². The fourth-order valence-electron chi connectivity index (χ4n) is 2.03. The number of nitrogens with one attached hydrogen (secondary N) is 1. The van der Waals surface area contributed by atoms with Crippen LogP contribution in [0.2, 0.25) is 0 Å². The Morgan fingerprint density at radius 2 is 2.00 bits per heavy atom. The maximum absolute atomic E-state index is 4.53. The molecule has 6 heteroatoms. The van der Waals surface area contributed by atoms with Gasteiger partial charge in [-0.15, -0.1) is 0 Å². The van der Waals surface area contributed by atoms with E-state index in [2.05, 4.69) is 55.3 Å². The number of benzene rings is 1. The molecule has 20 heavy (non-hydrogen) atoms. The van der Waals surface area contributed by atoms with Gasteiger partial charge in [-0.1, -0.05) is 30.3 Å². The van der Waals surface area contributed by atoms with Gasteiger partial charge in [-0.25, -0.2) is 9.97 Å². The van der Waals surface area contributed by atoms with Gasteiger partial charge in [0.25, 0.3) is 0 Å². The standard InChI is InChI=1S/C14H14BrN5/c1-2-20-12-11(18-13(20)15)9-17-14(19-12)16-8-10-6-4-3-5-7-10/h3-7,9H,2,8H2,1H3,(H,16,17,19). The molecule has 0 radical (unpaired) electrons. The number of aromatic nitrogens is 4. The van der Waals surface area contributed by atoms with Crippen molar-refractivity contribution >= 4 is 33.0 Å². The maximum atomic E-state index is 4.53. The number of fused-ring (bicyclic) bond motifs is 1. The zero-order valence-electron chi connectivity index (χ0n) is 11.0. The molecule has 0 aliphatic carbocycles. The number of nitrogens with zero attached hydrogens (tertiary/aromatic N) is 4. The van der Waals surface area contributed by atoms with E-state index in [1.807, 2.05) is 22.8 Å². The molecule has 0 bridgehead atoms. The summed E-state index contributed by atoms with van der Waals surface area (Å²) in [7, 11) is 0. The molecule has 0 atom stereocenters. The van der Waals surface area contributed by atoms with Crippen molar-refractivity contribution in [2.45, 2.75) is 20.0 Å². The van der Waals surface area contributed by atoms with Crippen LogP contribution in [0.5, 0.6) is 0 Å². The van der Waals surface area contributed by atoms with E-state index in [1.165, 1.54) is 5.56 Å². The van der Waals surface area contributed by atoms with Crippen molar-refractivity contribution in [3.8, 4) is 0 Å². The Labute approximate surface area is 125 Å². The SMILES string of the molecule is CCn1c(Br)nc2cnc(NCc3ccccc3)nc21. The van der Waals surface area contributed by atoms with Crippen LogP contribution in [0.1, 0.15) is 12.5 Å². The molecule has 102 valence electrons. The van der Waals surface area contributed by atoms with E-state index in [1.54, 1.807) is 6.20 Å². The number of rotatable bonds is 4. The number of anilines is 1. The summed E-state index contributed by atoms with van der Waals surface area (Å²) in [6, 6.07) is 10.2. The molecule has 2 heterocycles. The highest BCUT2D eigenvalue weighted by atomic mass is 79.9. The highest BCUT2D eigenvalue weighted by Crippen LogP contribution is 2.19. The van der Waals surface area contributed by atoms with Crippen molar-refractivity contribution < 1.29 is 0 Å². The molecule has 0 spiro atoms. The number of aryl methyl sites for hydroxylation is 1. The lowest BCUT2D eigenvalue weighted by molar-refractivity contribution is 0.756. The molecule has 5 nitrogen and oxygen atoms in total. The normalized spacial score (nSPS) is 10.9. The summed E-state index contributed by atoms with van der Waals surface area (Å²) in [4.78, 5) is 13.2. The molecule has 1 aromatic carbocycles. The summed E-state index contributed by atoms with van der Waals surface area (Å²) in [6.07, 6.45) is 1.74. The van der Waals surface area contributed by atoms with Crippen LogP contribution in [0.15, 0.2) is 41.3 Å². The molecule has 1 N–H and O–H groups in total. The highest BCUT2D eigenvalue weighted by molar-refractivity contribution is 9.10. The second-order valence-electron chi connectivity index (χ2n) is 4.37. The van der Waals surface area contributed by atoms with E-state index in [0.29, 0.717) is 12.5 Å². The molecule has 0 saturated heterocycles. The first kappa shape index (κ1) is 13.1. The summed E-state index contributed by atoms with van der Waals surface area (Å²) in [5.74, 6) is 0.614. The number of hydrogen-bond acceptors (Lipinski definition) is 4. The van der Waals surface area contributed by atoms with Crippen molar-refractivity contribution in [2.75, 3.05) is 5.32 Å². The average molecular weight is 332 g/mol. The second-order valence-corrected chi connectivity index (χ2v) is 5.08. The van der Waals surface area contributed by atoms with Gasteiger partial charge in [0.05, 0.1) is 6.20 Å². The second kappa shape index (κ2) is 5.58. The summed E-state index contributed by atoms with van der Waals surface area (Å²) in [5, 5.41) is 3.24. The van der Waals surface area contributed by atoms with Gasteiger partial charge in [-0.05, 0) is 28.4 Å². The largest absolute Gasteiger partial charge is 0.350 e. The summed E-state index contributed by atoms with van der Waals surface area (Å²) >= 11 is 3.43. The molecule has 0 aliphatic rings. The molecule has 0 fully saturated rings. The third-order valence-corrected chi connectivity index (χ3v) is 3.66. The summed E-state index contributed by atoms with van der Waals surface area (Å²) < 4.78 is 2.79. The van der Waals surface area contributed by atoms with Crippen LogP contribution >= 0.6 is 15.9 Å². The monoisotopic (exact) mass is 331 g/mol. The highest BCUT2D eigenvalue weighted by Gasteiger charge is 2.09. The lowest BCUT2D eigenvalue weighted by atomic mass is 10.2. The Kier molecular flexibility index (Phi) is 3.64. The zero-order chi connectivity index (χ0) is 13.9. The third kappa shape index (κ3) is 2.51. The predicted molar refractivity (Wildman–Crippen MR) is 82.5 cm³/mol. The van der Waals surface area contributed by atoms with E-state index in [-0.39, 0.29) is 0 Å². The molecule has 0 aliphatic heterocycles. The maximum Gasteiger partial charge on any atom is 0.225 e. The molecule has 3 rings (SSSR count). The zero-order valence-corrected chi connectivity index (χ0v) is 12.6. The van der Waals surface area contributed by atoms with Crippen molar-refractivity contribution in [2.24, 2.45) is 0 Å². The molecule has 3 aromatic rings. The minimum absolute atomic E-state index is 0.614. The average Bonchev–Trinajstić information content (AvgIpc) is 2.80. The summed E-state index contributed by atoms with van der Waals surface area (Å²) in [5.41, 5.74) is 2.83. The van der Waals surface area contributed by atoms with E-state index < -0.39 is 0 Å². The fourth-order valence-corrected chi connectivity index (χ4v) is 2.64. The molecular formula is C14H14BrN5. The van der Waals surface area contributed by atoms with Crippen LogP contribution in [0.4, 0.5) is 5.95 Å². The van der Waals surface area contributed by atoms with Gasteiger partial charge in [0.2, 0.25) is 5.95 Å². The van der Waals surface area contributed by atoms with E-state index in [4.69, 9.17) is 0 Å². The number of imidazole rings is 1. The Morgan fingerprint density at radius 1 is 1.20 bits per heavy atom. The van der Waals surface area contributed by atoms with Gasteiger partial charge in [0.1, 0.15) is 5.52 Å². The Hall–Kier alpha value is -1.95. The van der Waals surface area contributed by atoms with Gasteiger partial charge >= 0.3 is 0 Å². The van der Waals surface area contributed by atoms with Gasteiger partial charge in [-0.2, -0.15) is 4.98 Å². The van der Waals surface area contributed by atoms with E-state index >= 15 is 0 Å². The van der Waals surface area contributed by atoms with Gasteiger partial charge in [-0.3, -0.25) is 0 Å². The van der Waals surface area contributed by atoms with Crippen molar-refractivity contribution in [3.63, 3.8) is 0 Å². The van der Waals surface area contributed by atoms with Crippen LogP contribution in [0.3, 0.4) is 0 Å². The van der Waals surface area contributed by atoms with E-state index in [0.717, 1.165) is 22.4 Å². The lowest BCUT2D eigenvalue weighted by Gasteiger charge is -2.05. The minimum Gasteiger partial charge on any atom is -0.350 e. The first-order valence-electron chi connectivity index (χ1n) is 6.44. The molecule has 0 unspecified atom stereocenters. The first-order valence-corrected chi connectivity index (χ1v) is 7.24. The third-order valence-electron chi connectivity index (χ3n) is 3.05. The number of hydrogen-bond donors (Lipinski definition) is 1. The lowest BCUT2D eigenvalue weighted by Crippen LogP contribution is -2.04. The van der Waals surface area contributed by atoms with Crippen LogP contribution < -0.4 is 5.32 Å². The summed E-state index contributed by atoms with van der Waals surface area (Å²) in [6.45, 7) is 3.57. The van der Waals surface area contributed by atoms with Gasteiger partial charge < -0.3 is 9.88 Å². The van der Waals surface area contributed by atoms with Crippen molar-refractivity contribution in [1.82, 2.24) is 19.5 Å². The van der Waals surface area contributed by atoms with Gasteiger partial charge in [0, 0.05) is 13.1 Å².